The van der Waals surface area contributed by atoms with Crippen molar-refractivity contribution in [1.29, 1.82) is 0 Å². The summed E-state index contributed by atoms with van der Waals surface area (Å²) in [7, 11) is 0. The van der Waals surface area contributed by atoms with Crippen molar-refractivity contribution < 1.29 is 9.32 Å². The zero-order valence-corrected chi connectivity index (χ0v) is 10.6. The van der Waals surface area contributed by atoms with Crippen molar-refractivity contribution in [3.8, 4) is 11.3 Å². The van der Waals surface area contributed by atoms with E-state index in [1.807, 2.05) is 24.3 Å². The zero-order chi connectivity index (χ0) is 12.3. The van der Waals surface area contributed by atoms with Crippen LogP contribution < -0.4 is 5.73 Å². The van der Waals surface area contributed by atoms with Crippen LogP contribution in [-0.2, 0) is 6.42 Å². The first-order valence-corrected chi connectivity index (χ1v) is 6.24. The predicted molar refractivity (Wildman–Crippen MR) is 68.0 cm³/mol. The van der Waals surface area contributed by atoms with Gasteiger partial charge in [0.05, 0.1) is 0 Å². The highest BCUT2D eigenvalue weighted by Gasteiger charge is 2.10. The van der Waals surface area contributed by atoms with Gasteiger partial charge < -0.3 is 10.3 Å². The number of hydrogen-bond donors (Lipinski definition) is 1. The van der Waals surface area contributed by atoms with E-state index in [1.165, 1.54) is 5.56 Å². The minimum Gasteiger partial charge on any atom is -0.363 e. The van der Waals surface area contributed by atoms with Crippen molar-refractivity contribution in [3.05, 3.63) is 41.7 Å². The number of halogens is 1. The third-order valence-corrected chi connectivity index (χ3v) is 2.78. The van der Waals surface area contributed by atoms with E-state index >= 15 is 0 Å². The second kappa shape index (κ2) is 5.14. The molecule has 0 aliphatic heterocycles. The Balaban J connectivity index is 2.23. The number of hydrogen-bond acceptors (Lipinski definition) is 3. The number of aromatic nitrogens is 1. The quantitative estimate of drug-likeness (QED) is 0.880. The standard InChI is InChI=1S/C12H11BrN2O2/c13-6-5-8-1-3-9(4-2-8)10-7-11(12(14)16)17-15-10/h1-4,7H,5-6H2,(H2,14,16). The second-order valence-electron chi connectivity index (χ2n) is 3.58. The van der Waals surface area contributed by atoms with Gasteiger partial charge in [0.15, 0.2) is 0 Å². The van der Waals surface area contributed by atoms with Crippen LogP contribution in [0.25, 0.3) is 11.3 Å². The second-order valence-corrected chi connectivity index (χ2v) is 4.37. The fourth-order valence-corrected chi connectivity index (χ4v) is 1.94. The van der Waals surface area contributed by atoms with E-state index in [0.717, 1.165) is 17.3 Å². The summed E-state index contributed by atoms with van der Waals surface area (Å²) in [6, 6.07) is 9.48. The number of amides is 1. The summed E-state index contributed by atoms with van der Waals surface area (Å²) in [5.74, 6) is -0.538. The van der Waals surface area contributed by atoms with Gasteiger partial charge >= 0.3 is 0 Å². The maximum atomic E-state index is 10.9. The summed E-state index contributed by atoms with van der Waals surface area (Å²) < 4.78 is 4.83. The van der Waals surface area contributed by atoms with Gasteiger partial charge in [-0.2, -0.15) is 0 Å². The Hall–Kier alpha value is -1.62. The van der Waals surface area contributed by atoms with Crippen LogP contribution in [0, 0.1) is 0 Å². The van der Waals surface area contributed by atoms with Crippen molar-refractivity contribution in [2.75, 3.05) is 5.33 Å². The molecule has 88 valence electrons. The zero-order valence-electron chi connectivity index (χ0n) is 9.02. The van der Waals surface area contributed by atoms with E-state index in [4.69, 9.17) is 10.3 Å². The van der Waals surface area contributed by atoms with Gasteiger partial charge in [-0.1, -0.05) is 45.4 Å². The Bertz CT molecular complexity index is 520. The number of carbonyl (C=O) groups excluding carboxylic acids is 1. The van der Waals surface area contributed by atoms with Gasteiger partial charge in [-0.3, -0.25) is 4.79 Å². The predicted octanol–water partition coefficient (Wildman–Crippen LogP) is 2.38. The molecular weight excluding hydrogens is 284 g/mol. The van der Waals surface area contributed by atoms with Crippen LogP contribution in [0.2, 0.25) is 0 Å². The molecule has 4 nitrogen and oxygen atoms in total. The van der Waals surface area contributed by atoms with E-state index in [2.05, 4.69) is 21.1 Å². The van der Waals surface area contributed by atoms with E-state index in [-0.39, 0.29) is 5.76 Å². The van der Waals surface area contributed by atoms with Crippen LogP contribution in [0.1, 0.15) is 16.1 Å². The number of alkyl halides is 1. The van der Waals surface area contributed by atoms with E-state index < -0.39 is 5.91 Å². The third-order valence-electron chi connectivity index (χ3n) is 2.39. The average molecular weight is 295 g/mol. The van der Waals surface area contributed by atoms with Crippen LogP contribution in [-0.4, -0.2) is 16.4 Å². The summed E-state index contributed by atoms with van der Waals surface area (Å²) >= 11 is 3.39. The Morgan fingerprint density at radius 1 is 1.35 bits per heavy atom. The van der Waals surface area contributed by atoms with Crippen molar-refractivity contribution in [1.82, 2.24) is 5.16 Å². The topological polar surface area (TPSA) is 69.1 Å². The average Bonchev–Trinajstić information content (AvgIpc) is 2.80. The fourth-order valence-electron chi connectivity index (χ4n) is 1.48. The molecule has 0 aliphatic carbocycles. The lowest BCUT2D eigenvalue weighted by Gasteiger charge is -1.99. The molecule has 0 bridgehead atoms. The molecule has 0 aliphatic rings. The molecule has 0 atom stereocenters. The van der Waals surface area contributed by atoms with E-state index in [0.29, 0.717) is 5.69 Å². The van der Waals surface area contributed by atoms with Gasteiger partial charge in [0, 0.05) is 17.0 Å². The third kappa shape index (κ3) is 2.74. The van der Waals surface area contributed by atoms with E-state index in [9.17, 15) is 4.79 Å². The van der Waals surface area contributed by atoms with Gasteiger partial charge in [0.25, 0.3) is 5.91 Å². The molecular formula is C12H11BrN2O2. The van der Waals surface area contributed by atoms with Gasteiger partial charge in [-0.25, -0.2) is 0 Å². The molecule has 1 aromatic carbocycles. The van der Waals surface area contributed by atoms with Crippen LogP contribution in [0.5, 0.6) is 0 Å². The molecule has 2 rings (SSSR count). The Morgan fingerprint density at radius 2 is 2.06 bits per heavy atom. The van der Waals surface area contributed by atoms with Crippen LogP contribution in [0.4, 0.5) is 0 Å². The first kappa shape index (κ1) is 11.9. The molecule has 1 aromatic heterocycles. The molecule has 17 heavy (non-hydrogen) atoms. The van der Waals surface area contributed by atoms with Crippen LogP contribution in [0.3, 0.4) is 0 Å². The molecule has 2 aromatic rings. The number of primary amides is 1. The summed E-state index contributed by atoms with van der Waals surface area (Å²) in [5.41, 5.74) is 7.85. The highest BCUT2D eigenvalue weighted by molar-refractivity contribution is 9.09. The highest BCUT2D eigenvalue weighted by Crippen LogP contribution is 2.19. The minimum atomic E-state index is -0.611. The van der Waals surface area contributed by atoms with Gasteiger partial charge in [0.2, 0.25) is 5.76 Å². The first-order chi connectivity index (χ1) is 8.20. The maximum absolute atomic E-state index is 10.9. The van der Waals surface area contributed by atoms with Crippen molar-refractivity contribution in [3.63, 3.8) is 0 Å². The molecule has 1 heterocycles. The van der Waals surface area contributed by atoms with Crippen LogP contribution in [0.15, 0.2) is 34.9 Å². The molecule has 0 fully saturated rings. The molecule has 0 spiro atoms. The number of nitrogens with zero attached hydrogens (tertiary/aromatic N) is 1. The SMILES string of the molecule is NC(=O)c1cc(-c2ccc(CCBr)cc2)no1. The smallest absolute Gasteiger partial charge is 0.287 e. The highest BCUT2D eigenvalue weighted by atomic mass is 79.9. The first-order valence-electron chi connectivity index (χ1n) is 5.12. The van der Waals surface area contributed by atoms with E-state index in [1.54, 1.807) is 6.07 Å². The minimum absolute atomic E-state index is 0.0736. The number of carbonyl (C=O) groups is 1. The molecule has 0 saturated carbocycles. The monoisotopic (exact) mass is 294 g/mol. The summed E-state index contributed by atoms with van der Waals surface area (Å²) in [6.07, 6.45) is 0.978. The molecule has 2 N–H and O–H groups in total. The largest absolute Gasteiger partial charge is 0.363 e. The number of rotatable bonds is 4. The Labute approximate surface area is 107 Å². The molecule has 5 heteroatoms. The van der Waals surface area contributed by atoms with Crippen molar-refractivity contribution in [2.24, 2.45) is 5.73 Å². The van der Waals surface area contributed by atoms with Gasteiger partial charge in [-0.15, -0.1) is 0 Å². The molecule has 0 radical (unpaired) electrons. The fraction of sp³-hybridized carbons (Fsp3) is 0.167. The van der Waals surface area contributed by atoms with Gasteiger partial charge in [-0.05, 0) is 12.0 Å². The van der Waals surface area contributed by atoms with Crippen LogP contribution >= 0.6 is 15.9 Å². The molecule has 0 saturated heterocycles. The maximum Gasteiger partial charge on any atom is 0.287 e. The molecule has 1 amide bonds. The Morgan fingerprint density at radius 3 is 2.59 bits per heavy atom. The number of benzene rings is 1. The number of nitrogens with two attached hydrogens (primary N) is 1. The lowest BCUT2D eigenvalue weighted by atomic mass is 10.1. The van der Waals surface area contributed by atoms with Crippen molar-refractivity contribution >= 4 is 21.8 Å². The Kier molecular flexibility index (Phi) is 3.58. The van der Waals surface area contributed by atoms with Crippen molar-refractivity contribution in [2.45, 2.75) is 6.42 Å². The lowest BCUT2D eigenvalue weighted by molar-refractivity contribution is 0.0965. The summed E-state index contributed by atoms with van der Waals surface area (Å²) in [5, 5.41) is 4.73. The lowest BCUT2D eigenvalue weighted by Crippen LogP contribution is -2.09. The van der Waals surface area contributed by atoms with Gasteiger partial charge in [0.1, 0.15) is 5.69 Å². The summed E-state index contributed by atoms with van der Waals surface area (Å²) in [4.78, 5) is 10.9. The summed E-state index contributed by atoms with van der Waals surface area (Å²) in [6.45, 7) is 0. The molecule has 0 unspecified atom stereocenters. The normalized spacial score (nSPS) is 10.4. The number of aryl methyl sites for hydroxylation is 1.